The Bertz CT molecular complexity index is 555. The second kappa shape index (κ2) is 5.69. The lowest BCUT2D eigenvalue weighted by molar-refractivity contribution is -0.0170. The zero-order chi connectivity index (χ0) is 14.2. The van der Waals surface area contributed by atoms with Crippen LogP contribution in [0.5, 0.6) is 0 Å². The van der Waals surface area contributed by atoms with Gasteiger partial charge in [-0.25, -0.2) is 8.42 Å². The van der Waals surface area contributed by atoms with Crippen LogP contribution in [0.1, 0.15) is 24.3 Å². The number of rotatable bonds is 3. The van der Waals surface area contributed by atoms with Gasteiger partial charge in [-0.15, -0.1) is 22.9 Å². The van der Waals surface area contributed by atoms with Crippen molar-refractivity contribution < 1.29 is 13.2 Å². The zero-order valence-corrected chi connectivity index (χ0v) is 13.6. The molecule has 1 fully saturated rings. The van der Waals surface area contributed by atoms with Crippen LogP contribution in [-0.2, 0) is 20.6 Å². The summed E-state index contributed by atoms with van der Waals surface area (Å²) in [4.78, 5) is 0.911. The third kappa shape index (κ3) is 2.97. The molecule has 0 saturated carbocycles. The van der Waals surface area contributed by atoms with E-state index in [4.69, 9.17) is 16.3 Å². The molecule has 0 aromatic carbocycles. The van der Waals surface area contributed by atoms with Gasteiger partial charge in [0.1, 0.15) is 4.21 Å². The summed E-state index contributed by atoms with van der Waals surface area (Å²) in [7, 11) is -3.44. The average molecular weight is 324 g/mol. The van der Waals surface area contributed by atoms with E-state index >= 15 is 0 Å². The lowest BCUT2D eigenvalue weighted by atomic mass is 10.2. The molecule has 0 aliphatic carbocycles. The summed E-state index contributed by atoms with van der Waals surface area (Å²) in [6, 6.07) is 1.58. The number of ether oxygens (including phenoxy) is 1. The quantitative estimate of drug-likeness (QED) is 0.803. The van der Waals surface area contributed by atoms with Gasteiger partial charge in [0.2, 0.25) is 0 Å². The number of hydrogen-bond donors (Lipinski definition) is 0. The van der Waals surface area contributed by atoms with Crippen molar-refractivity contribution in [3.63, 3.8) is 0 Å². The zero-order valence-electron chi connectivity index (χ0n) is 11.2. The molecule has 1 aliphatic rings. The predicted octanol–water partition coefficient (Wildman–Crippen LogP) is 2.59. The van der Waals surface area contributed by atoms with Gasteiger partial charge in [0.15, 0.2) is 0 Å². The summed E-state index contributed by atoms with van der Waals surface area (Å²) in [6.45, 7) is 6.48. The van der Waals surface area contributed by atoms with Crippen LogP contribution in [0.3, 0.4) is 0 Å². The number of alkyl halides is 1. The third-order valence-corrected chi connectivity index (χ3v) is 7.33. The molecule has 1 aliphatic heterocycles. The number of nitrogens with zero attached hydrogens (tertiary/aromatic N) is 1. The Balaban J connectivity index is 2.35. The monoisotopic (exact) mass is 323 g/mol. The molecule has 0 radical (unpaired) electrons. The van der Waals surface area contributed by atoms with Gasteiger partial charge in [-0.3, -0.25) is 0 Å². The first kappa shape index (κ1) is 15.3. The fourth-order valence-corrected chi connectivity index (χ4v) is 5.71. The fraction of sp³-hybridized carbons (Fsp3) is 0.667. The first-order valence-corrected chi connectivity index (χ1v) is 8.94. The van der Waals surface area contributed by atoms with Crippen LogP contribution >= 0.6 is 22.9 Å². The molecule has 0 spiro atoms. The molecule has 0 bridgehead atoms. The van der Waals surface area contributed by atoms with Crippen molar-refractivity contribution in [3.8, 4) is 0 Å². The summed E-state index contributed by atoms with van der Waals surface area (Å²) in [5, 5.41) is 0. The molecule has 4 nitrogen and oxygen atoms in total. The van der Waals surface area contributed by atoms with Gasteiger partial charge in [0.05, 0.1) is 18.6 Å². The summed E-state index contributed by atoms with van der Waals surface area (Å²) in [5.74, 6) is 0.348. The Morgan fingerprint density at radius 1 is 1.53 bits per heavy atom. The number of sulfonamides is 1. The van der Waals surface area contributed by atoms with Gasteiger partial charge < -0.3 is 4.74 Å². The van der Waals surface area contributed by atoms with Crippen LogP contribution in [0.25, 0.3) is 0 Å². The summed E-state index contributed by atoms with van der Waals surface area (Å²) >= 11 is 7.08. The predicted molar refractivity (Wildman–Crippen MR) is 77.4 cm³/mol. The van der Waals surface area contributed by atoms with E-state index in [2.05, 4.69) is 0 Å². The van der Waals surface area contributed by atoms with Gasteiger partial charge in [0, 0.05) is 17.5 Å². The van der Waals surface area contributed by atoms with Crippen molar-refractivity contribution in [1.82, 2.24) is 4.31 Å². The van der Waals surface area contributed by atoms with Crippen LogP contribution in [0.2, 0.25) is 0 Å². The lowest BCUT2D eigenvalue weighted by Crippen LogP contribution is -2.49. The van der Waals surface area contributed by atoms with Gasteiger partial charge >= 0.3 is 0 Å². The maximum atomic E-state index is 12.7. The second-order valence-electron chi connectivity index (χ2n) is 4.87. The van der Waals surface area contributed by atoms with Crippen LogP contribution < -0.4 is 0 Å². The molecule has 1 aromatic rings. The van der Waals surface area contributed by atoms with Crippen molar-refractivity contribution in [2.45, 2.75) is 43.0 Å². The van der Waals surface area contributed by atoms with Gasteiger partial charge in [0.25, 0.3) is 10.0 Å². The number of morpholine rings is 1. The van der Waals surface area contributed by atoms with Crippen molar-refractivity contribution in [3.05, 3.63) is 16.5 Å². The first-order valence-electron chi connectivity index (χ1n) is 6.15. The van der Waals surface area contributed by atoms with Crippen LogP contribution in [0.4, 0.5) is 0 Å². The molecular weight excluding hydrogens is 306 g/mol. The molecule has 0 N–H and O–H groups in total. The van der Waals surface area contributed by atoms with E-state index in [1.807, 2.05) is 20.8 Å². The van der Waals surface area contributed by atoms with Crippen molar-refractivity contribution >= 4 is 33.0 Å². The number of thiophene rings is 1. The molecule has 0 amide bonds. The SMILES string of the molecule is Cc1cc(S(=O)(=O)N2CC(C)OCC2C)sc1CCl. The Morgan fingerprint density at radius 2 is 2.21 bits per heavy atom. The number of halogens is 1. The highest BCUT2D eigenvalue weighted by Gasteiger charge is 2.35. The minimum Gasteiger partial charge on any atom is -0.375 e. The molecule has 1 aromatic heterocycles. The maximum absolute atomic E-state index is 12.7. The summed E-state index contributed by atoms with van der Waals surface area (Å²) < 4.78 is 32.7. The fourth-order valence-electron chi connectivity index (χ4n) is 2.07. The summed E-state index contributed by atoms with van der Waals surface area (Å²) in [5.41, 5.74) is 0.938. The molecule has 1 saturated heterocycles. The molecule has 2 unspecified atom stereocenters. The standard InChI is InChI=1S/C12H18ClNO3S2/c1-8-4-12(18-11(8)5-13)19(15,16)14-6-10(3)17-7-9(14)2/h4,9-10H,5-7H2,1-3H3. The largest absolute Gasteiger partial charge is 0.375 e. The van der Waals surface area contributed by atoms with Gasteiger partial charge in [-0.2, -0.15) is 4.31 Å². The molecular formula is C12H18ClNO3S2. The lowest BCUT2D eigenvalue weighted by Gasteiger charge is -2.35. The highest BCUT2D eigenvalue weighted by atomic mass is 35.5. The van der Waals surface area contributed by atoms with E-state index < -0.39 is 10.0 Å². The number of hydrogen-bond acceptors (Lipinski definition) is 4. The topological polar surface area (TPSA) is 46.6 Å². The Morgan fingerprint density at radius 3 is 2.79 bits per heavy atom. The molecule has 2 atom stereocenters. The number of aryl methyl sites for hydroxylation is 1. The van der Waals surface area contributed by atoms with Crippen molar-refractivity contribution in [1.29, 1.82) is 0 Å². The van der Waals surface area contributed by atoms with Crippen LogP contribution in [-0.4, -0.2) is 38.0 Å². The van der Waals surface area contributed by atoms with Gasteiger partial charge in [-0.05, 0) is 32.4 Å². The van der Waals surface area contributed by atoms with Crippen molar-refractivity contribution in [2.24, 2.45) is 0 Å². The summed E-state index contributed by atoms with van der Waals surface area (Å²) in [6.07, 6.45) is -0.0699. The second-order valence-corrected chi connectivity index (χ2v) is 8.39. The minimum atomic E-state index is -3.44. The average Bonchev–Trinajstić information content (AvgIpc) is 2.74. The molecule has 108 valence electrons. The Kier molecular flexibility index (Phi) is 4.57. The molecule has 7 heteroatoms. The van der Waals surface area contributed by atoms with E-state index in [-0.39, 0.29) is 12.1 Å². The molecule has 2 rings (SSSR count). The van der Waals surface area contributed by atoms with E-state index in [0.29, 0.717) is 23.2 Å². The van der Waals surface area contributed by atoms with E-state index in [1.165, 1.54) is 15.6 Å². The van der Waals surface area contributed by atoms with E-state index in [0.717, 1.165) is 10.4 Å². The van der Waals surface area contributed by atoms with Crippen LogP contribution in [0, 0.1) is 6.92 Å². The van der Waals surface area contributed by atoms with Crippen molar-refractivity contribution in [2.75, 3.05) is 13.2 Å². The third-order valence-electron chi connectivity index (χ3n) is 3.23. The minimum absolute atomic E-state index is 0.0699. The highest BCUT2D eigenvalue weighted by Crippen LogP contribution is 2.31. The maximum Gasteiger partial charge on any atom is 0.252 e. The van der Waals surface area contributed by atoms with Crippen LogP contribution in [0.15, 0.2) is 10.3 Å². The highest BCUT2D eigenvalue weighted by molar-refractivity contribution is 7.91. The molecule has 19 heavy (non-hydrogen) atoms. The van der Waals surface area contributed by atoms with E-state index in [1.54, 1.807) is 6.07 Å². The van der Waals surface area contributed by atoms with Gasteiger partial charge in [-0.1, -0.05) is 0 Å². The smallest absolute Gasteiger partial charge is 0.252 e. The Hall–Kier alpha value is -0.140. The first-order chi connectivity index (χ1) is 8.86. The molecule has 2 heterocycles. The van der Waals surface area contributed by atoms with E-state index in [9.17, 15) is 8.42 Å². The Labute approximate surface area is 123 Å². The normalized spacial score (nSPS) is 25.7.